The maximum atomic E-state index is 13.0. The SMILES string of the molecule is CCOC(=O)C1CCN(C(=O)C2CCCN(S(=O)(=O)c3cnn(C)c3C)C2)CC1. The van der Waals surface area contributed by atoms with Crippen LogP contribution in [0.25, 0.3) is 0 Å². The molecule has 0 N–H and O–H groups in total. The van der Waals surface area contributed by atoms with Gasteiger partial charge >= 0.3 is 5.97 Å². The molecule has 29 heavy (non-hydrogen) atoms. The first-order chi connectivity index (χ1) is 13.8. The van der Waals surface area contributed by atoms with Crippen molar-refractivity contribution >= 4 is 21.9 Å². The molecule has 0 bridgehead atoms. The van der Waals surface area contributed by atoms with Crippen molar-refractivity contribution in [1.29, 1.82) is 0 Å². The van der Waals surface area contributed by atoms with Crippen molar-refractivity contribution in [2.45, 2.75) is 44.4 Å². The van der Waals surface area contributed by atoms with Gasteiger partial charge in [-0.3, -0.25) is 14.3 Å². The second kappa shape index (κ2) is 8.83. The highest BCUT2D eigenvalue weighted by atomic mass is 32.2. The Morgan fingerprint density at radius 1 is 1.17 bits per heavy atom. The van der Waals surface area contributed by atoms with Gasteiger partial charge in [0.05, 0.1) is 30.3 Å². The minimum absolute atomic E-state index is 0.0184. The lowest BCUT2D eigenvalue weighted by molar-refractivity contribution is -0.152. The summed E-state index contributed by atoms with van der Waals surface area (Å²) in [5, 5.41) is 4.04. The third-order valence-corrected chi connectivity index (χ3v) is 7.94. The van der Waals surface area contributed by atoms with Gasteiger partial charge in [0.25, 0.3) is 0 Å². The first-order valence-corrected chi connectivity index (χ1v) is 11.6. The quantitative estimate of drug-likeness (QED) is 0.649. The molecule has 0 spiro atoms. The minimum atomic E-state index is -3.68. The fourth-order valence-electron chi connectivity index (χ4n) is 4.09. The van der Waals surface area contributed by atoms with E-state index in [9.17, 15) is 18.0 Å². The Kier molecular flexibility index (Phi) is 6.62. The average Bonchev–Trinajstić information content (AvgIpc) is 3.07. The summed E-state index contributed by atoms with van der Waals surface area (Å²) >= 11 is 0. The van der Waals surface area contributed by atoms with Gasteiger partial charge in [-0.2, -0.15) is 9.40 Å². The molecule has 1 unspecified atom stereocenters. The molecule has 1 aromatic heterocycles. The summed E-state index contributed by atoms with van der Waals surface area (Å²) in [6.45, 7) is 5.48. The van der Waals surface area contributed by atoms with E-state index in [0.29, 0.717) is 57.6 Å². The van der Waals surface area contributed by atoms with Crippen molar-refractivity contribution in [2.24, 2.45) is 18.9 Å². The number of aryl methyl sites for hydroxylation is 1. The normalized spacial score (nSPS) is 21.9. The Bertz CT molecular complexity index is 858. The van der Waals surface area contributed by atoms with Crippen LogP contribution < -0.4 is 0 Å². The number of carbonyl (C=O) groups excluding carboxylic acids is 2. The van der Waals surface area contributed by atoms with Crippen molar-refractivity contribution in [1.82, 2.24) is 19.0 Å². The second-order valence-corrected chi connectivity index (χ2v) is 9.68. The van der Waals surface area contributed by atoms with Gasteiger partial charge in [-0.1, -0.05) is 0 Å². The average molecular weight is 427 g/mol. The van der Waals surface area contributed by atoms with Gasteiger partial charge in [0.15, 0.2) is 0 Å². The molecule has 0 aromatic carbocycles. The van der Waals surface area contributed by atoms with Crippen LogP contribution in [-0.4, -0.2) is 72.1 Å². The second-order valence-electron chi connectivity index (χ2n) is 7.77. The van der Waals surface area contributed by atoms with Crippen LogP contribution in [0.3, 0.4) is 0 Å². The van der Waals surface area contributed by atoms with Crippen molar-refractivity contribution in [3.63, 3.8) is 0 Å². The third kappa shape index (κ3) is 4.48. The van der Waals surface area contributed by atoms with Gasteiger partial charge in [0.2, 0.25) is 15.9 Å². The van der Waals surface area contributed by atoms with E-state index < -0.39 is 10.0 Å². The number of aromatic nitrogens is 2. The van der Waals surface area contributed by atoms with Gasteiger partial charge in [0.1, 0.15) is 4.90 Å². The lowest BCUT2D eigenvalue weighted by Gasteiger charge is -2.37. The first kappa shape index (κ1) is 21.8. The van der Waals surface area contributed by atoms with Crippen LogP contribution in [0.15, 0.2) is 11.1 Å². The Morgan fingerprint density at radius 2 is 1.86 bits per heavy atom. The molecule has 0 radical (unpaired) electrons. The zero-order chi connectivity index (χ0) is 21.2. The number of hydrogen-bond donors (Lipinski definition) is 0. The molecule has 2 aliphatic rings. The van der Waals surface area contributed by atoms with Crippen LogP contribution in [0.2, 0.25) is 0 Å². The van der Waals surface area contributed by atoms with Gasteiger partial charge < -0.3 is 9.64 Å². The summed E-state index contributed by atoms with van der Waals surface area (Å²) in [7, 11) is -1.97. The highest BCUT2D eigenvalue weighted by Gasteiger charge is 2.37. The van der Waals surface area contributed by atoms with Gasteiger partial charge in [0, 0.05) is 33.2 Å². The largest absolute Gasteiger partial charge is 0.466 e. The van der Waals surface area contributed by atoms with E-state index in [4.69, 9.17) is 4.74 Å². The van der Waals surface area contributed by atoms with Crippen LogP contribution in [0.1, 0.15) is 38.3 Å². The van der Waals surface area contributed by atoms with E-state index in [1.807, 2.05) is 0 Å². The lowest BCUT2D eigenvalue weighted by atomic mass is 9.93. The molecule has 3 rings (SSSR count). The van der Waals surface area contributed by atoms with Crippen molar-refractivity contribution in [2.75, 3.05) is 32.8 Å². The van der Waals surface area contributed by atoms with E-state index in [-0.39, 0.29) is 35.2 Å². The first-order valence-electron chi connectivity index (χ1n) is 10.2. The van der Waals surface area contributed by atoms with E-state index in [1.165, 1.54) is 15.2 Å². The Balaban J connectivity index is 1.63. The van der Waals surface area contributed by atoms with Gasteiger partial charge in [-0.25, -0.2) is 8.42 Å². The summed E-state index contributed by atoms with van der Waals surface area (Å²) in [5.74, 6) is -0.720. The Hall–Kier alpha value is -1.94. The lowest BCUT2D eigenvalue weighted by Crippen LogP contribution is -2.49. The molecule has 9 nitrogen and oxygen atoms in total. The maximum Gasteiger partial charge on any atom is 0.309 e. The fourth-order valence-corrected chi connectivity index (χ4v) is 5.80. The van der Waals surface area contributed by atoms with Crippen LogP contribution in [0.5, 0.6) is 0 Å². The zero-order valence-electron chi connectivity index (χ0n) is 17.3. The molecule has 162 valence electrons. The van der Waals surface area contributed by atoms with Crippen LogP contribution in [0.4, 0.5) is 0 Å². The molecule has 10 heteroatoms. The molecule has 0 aliphatic carbocycles. The minimum Gasteiger partial charge on any atom is -0.466 e. The van der Waals surface area contributed by atoms with Crippen LogP contribution in [0, 0.1) is 18.8 Å². The maximum absolute atomic E-state index is 13.0. The standard InChI is InChI=1S/C19H30N4O5S/c1-4-28-19(25)15-7-10-22(11-8-15)18(24)16-6-5-9-23(13-16)29(26,27)17-12-20-21(3)14(17)2/h12,15-16H,4-11,13H2,1-3H3. The Labute approximate surface area is 172 Å². The summed E-state index contributed by atoms with van der Waals surface area (Å²) in [6.07, 6.45) is 3.88. The van der Waals surface area contributed by atoms with Crippen molar-refractivity contribution < 1.29 is 22.7 Å². The number of rotatable bonds is 5. The predicted octanol–water partition coefficient (Wildman–Crippen LogP) is 0.931. The number of piperidine rings is 2. The predicted molar refractivity (Wildman–Crippen MR) is 105 cm³/mol. The summed E-state index contributed by atoms with van der Waals surface area (Å²) < 4.78 is 34.1. The Morgan fingerprint density at radius 3 is 2.45 bits per heavy atom. The van der Waals surface area contributed by atoms with Crippen molar-refractivity contribution in [3.8, 4) is 0 Å². The topological polar surface area (TPSA) is 102 Å². The molecule has 2 aliphatic heterocycles. The van der Waals surface area contributed by atoms with Gasteiger partial charge in [-0.05, 0) is 39.5 Å². The highest BCUT2D eigenvalue weighted by Crippen LogP contribution is 2.28. The van der Waals surface area contributed by atoms with E-state index in [0.717, 1.165) is 0 Å². The molecule has 3 heterocycles. The summed E-state index contributed by atoms with van der Waals surface area (Å²) in [6, 6.07) is 0. The fraction of sp³-hybridized carbons (Fsp3) is 0.737. The smallest absolute Gasteiger partial charge is 0.309 e. The molecule has 1 atom stereocenters. The van der Waals surface area contributed by atoms with Crippen LogP contribution >= 0.6 is 0 Å². The number of esters is 1. The molecule has 1 amide bonds. The molecule has 0 saturated carbocycles. The van der Waals surface area contributed by atoms with E-state index in [2.05, 4.69) is 5.10 Å². The number of likely N-dealkylation sites (tertiary alicyclic amines) is 1. The number of nitrogens with zero attached hydrogens (tertiary/aromatic N) is 4. The molecule has 1 aromatic rings. The molecule has 2 saturated heterocycles. The number of sulfonamides is 1. The molecule has 2 fully saturated rings. The molecular weight excluding hydrogens is 396 g/mol. The number of ether oxygens (including phenoxy) is 1. The zero-order valence-corrected chi connectivity index (χ0v) is 18.2. The van der Waals surface area contributed by atoms with E-state index >= 15 is 0 Å². The highest BCUT2D eigenvalue weighted by molar-refractivity contribution is 7.89. The van der Waals surface area contributed by atoms with Crippen LogP contribution in [-0.2, 0) is 31.4 Å². The third-order valence-electron chi connectivity index (χ3n) is 5.97. The van der Waals surface area contributed by atoms with Gasteiger partial charge in [-0.15, -0.1) is 0 Å². The summed E-state index contributed by atoms with van der Waals surface area (Å²) in [5.41, 5.74) is 0.583. The number of carbonyl (C=O) groups is 2. The monoisotopic (exact) mass is 426 g/mol. The molecular formula is C19H30N4O5S. The summed E-state index contributed by atoms with van der Waals surface area (Å²) in [4.78, 5) is 26.9. The number of hydrogen-bond acceptors (Lipinski definition) is 6. The van der Waals surface area contributed by atoms with E-state index in [1.54, 1.807) is 25.8 Å². The number of amides is 1. The van der Waals surface area contributed by atoms with Crippen molar-refractivity contribution in [3.05, 3.63) is 11.9 Å².